The number of hydrogen-bond acceptors (Lipinski definition) is 3. The number of hydrogen-bond donors (Lipinski definition) is 1. The van der Waals surface area contributed by atoms with Crippen LogP contribution in [0.5, 0.6) is 0 Å². The number of carboxylic acids is 1. The zero-order valence-corrected chi connectivity index (χ0v) is 5.74. The summed E-state index contributed by atoms with van der Waals surface area (Å²) in [5, 5.41) is 8.41. The predicted octanol–water partition coefficient (Wildman–Crippen LogP) is 0.222. The summed E-state index contributed by atoms with van der Waals surface area (Å²) in [6.07, 6.45) is -0.289. The predicted molar refractivity (Wildman–Crippen MR) is 32.5 cm³/mol. The molecule has 1 saturated heterocycles. The van der Waals surface area contributed by atoms with Crippen LogP contribution < -0.4 is 0 Å². The number of carbonyl (C=O) groups is 1. The summed E-state index contributed by atoms with van der Waals surface area (Å²) in [7, 11) is 0. The number of ether oxygens (including phenoxy) is 2. The van der Waals surface area contributed by atoms with E-state index in [0.29, 0.717) is 6.61 Å². The third-order valence-corrected chi connectivity index (χ3v) is 1.35. The lowest BCUT2D eigenvalue weighted by Gasteiger charge is -2.24. The van der Waals surface area contributed by atoms with Gasteiger partial charge in [-0.1, -0.05) is 0 Å². The molecule has 0 spiro atoms. The van der Waals surface area contributed by atoms with Gasteiger partial charge in [-0.2, -0.15) is 0 Å². The summed E-state index contributed by atoms with van der Waals surface area (Å²) < 4.78 is 9.71. The van der Waals surface area contributed by atoms with E-state index in [4.69, 9.17) is 14.6 Å². The molecule has 1 rings (SSSR count). The van der Waals surface area contributed by atoms with Gasteiger partial charge in [-0.05, 0) is 13.3 Å². The maximum atomic E-state index is 10.2. The second-order valence-electron chi connectivity index (χ2n) is 2.28. The Morgan fingerprint density at radius 3 is 2.80 bits per heavy atom. The van der Waals surface area contributed by atoms with E-state index >= 15 is 0 Å². The molecule has 2 atom stereocenters. The molecule has 1 heterocycles. The van der Waals surface area contributed by atoms with E-state index in [1.54, 1.807) is 0 Å². The Hall–Kier alpha value is -0.610. The summed E-state index contributed by atoms with van der Waals surface area (Å²) in [6, 6.07) is 0. The molecule has 0 bridgehead atoms. The Balaban J connectivity index is 2.39. The SMILES string of the molecule is C[C@@H]1CCOC(C(=O)O)O1. The van der Waals surface area contributed by atoms with Crippen LogP contribution in [-0.2, 0) is 14.3 Å². The van der Waals surface area contributed by atoms with Crippen molar-refractivity contribution in [2.75, 3.05) is 6.61 Å². The summed E-state index contributed by atoms with van der Waals surface area (Å²) in [5.74, 6) is -1.05. The molecule has 1 aliphatic heterocycles. The average molecular weight is 146 g/mol. The second-order valence-corrected chi connectivity index (χ2v) is 2.28. The van der Waals surface area contributed by atoms with Crippen LogP contribution in [0.25, 0.3) is 0 Å². The minimum absolute atomic E-state index is 0.00477. The lowest BCUT2D eigenvalue weighted by molar-refractivity contribution is -0.221. The minimum Gasteiger partial charge on any atom is -0.477 e. The molecule has 4 heteroatoms. The van der Waals surface area contributed by atoms with Gasteiger partial charge < -0.3 is 14.6 Å². The maximum Gasteiger partial charge on any atom is 0.361 e. The quantitative estimate of drug-likeness (QED) is 0.575. The highest BCUT2D eigenvalue weighted by atomic mass is 16.7. The zero-order valence-electron chi connectivity index (χ0n) is 5.74. The molecule has 58 valence electrons. The van der Waals surface area contributed by atoms with Crippen molar-refractivity contribution in [3.63, 3.8) is 0 Å². The van der Waals surface area contributed by atoms with Gasteiger partial charge in [0.15, 0.2) is 0 Å². The molecule has 1 N–H and O–H groups in total. The van der Waals surface area contributed by atoms with Gasteiger partial charge in [0.2, 0.25) is 0 Å². The van der Waals surface area contributed by atoms with Crippen LogP contribution in [0, 0.1) is 0 Å². The van der Waals surface area contributed by atoms with E-state index < -0.39 is 12.3 Å². The Morgan fingerprint density at radius 1 is 1.70 bits per heavy atom. The highest BCUT2D eigenvalue weighted by molar-refractivity contribution is 5.70. The van der Waals surface area contributed by atoms with Crippen LogP contribution in [0.2, 0.25) is 0 Å². The van der Waals surface area contributed by atoms with E-state index in [2.05, 4.69) is 0 Å². The Labute approximate surface area is 58.7 Å². The van der Waals surface area contributed by atoms with Gasteiger partial charge in [-0.3, -0.25) is 0 Å². The maximum absolute atomic E-state index is 10.2. The fourth-order valence-corrected chi connectivity index (χ4v) is 0.789. The van der Waals surface area contributed by atoms with Crippen molar-refractivity contribution in [3.05, 3.63) is 0 Å². The van der Waals surface area contributed by atoms with Crippen LogP contribution in [0.1, 0.15) is 13.3 Å². The van der Waals surface area contributed by atoms with Crippen molar-refractivity contribution < 1.29 is 19.4 Å². The van der Waals surface area contributed by atoms with Gasteiger partial charge in [0.05, 0.1) is 12.7 Å². The average Bonchev–Trinajstić information content (AvgIpc) is 1.88. The second kappa shape index (κ2) is 2.98. The molecule has 0 radical (unpaired) electrons. The van der Waals surface area contributed by atoms with E-state index in [0.717, 1.165) is 6.42 Å². The van der Waals surface area contributed by atoms with E-state index in [1.165, 1.54) is 0 Å². The normalized spacial score (nSPS) is 33.7. The molecule has 1 fully saturated rings. The molecule has 0 amide bonds. The first-order valence-corrected chi connectivity index (χ1v) is 3.20. The first kappa shape index (κ1) is 7.50. The summed E-state index contributed by atoms with van der Waals surface area (Å²) in [4.78, 5) is 10.2. The fraction of sp³-hybridized carbons (Fsp3) is 0.833. The standard InChI is InChI=1S/C6H10O4/c1-4-2-3-9-6(10-4)5(7)8/h4,6H,2-3H2,1H3,(H,7,8)/t4-,6?/m1/s1. The first-order chi connectivity index (χ1) is 4.70. The minimum atomic E-state index is -1.05. The molecule has 4 nitrogen and oxygen atoms in total. The fourth-order valence-electron chi connectivity index (χ4n) is 0.789. The van der Waals surface area contributed by atoms with Crippen LogP contribution in [-0.4, -0.2) is 30.1 Å². The molecule has 0 aromatic rings. The Bertz CT molecular complexity index is 134. The van der Waals surface area contributed by atoms with Gasteiger partial charge >= 0.3 is 5.97 Å². The smallest absolute Gasteiger partial charge is 0.361 e. The lowest BCUT2D eigenvalue weighted by Crippen LogP contribution is -2.36. The van der Waals surface area contributed by atoms with E-state index in [-0.39, 0.29) is 6.10 Å². The summed E-state index contributed by atoms with van der Waals surface area (Å²) >= 11 is 0. The molecule has 10 heavy (non-hydrogen) atoms. The molecule has 0 aromatic carbocycles. The van der Waals surface area contributed by atoms with Crippen LogP contribution >= 0.6 is 0 Å². The van der Waals surface area contributed by atoms with Crippen LogP contribution in [0.4, 0.5) is 0 Å². The van der Waals surface area contributed by atoms with Gasteiger partial charge in [-0.25, -0.2) is 4.79 Å². The molecule has 1 aliphatic rings. The van der Waals surface area contributed by atoms with Crippen molar-refractivity contribution in [1.29, 1.82) is 0 Å². The molecular weight excluding hydrogens is 136 g/mol. The summed E-state index contributed by atoms with van der Waals surface area (Å²) in [5.41, 5.74) is 0. The lowest BCUT2D eigenvalue weighted by atomic mass is 10.3. The van der Waals surface area contributed by atoms with Gasteiger partial charge in [-0.15, -0.1) is 0 Å². The zero-order chi connectivity index (χ0) is 7.56. The van der Waals surface area contributed by atoms with Crippen LogP contribution in [0.3, 0.4) is 0 Å². The third kappa shape index (κ3) is 1.68. The molecule has 0 saturated carbocycles. The van der Waals surface area contributed by atoms with Crippen molar-refractivity contribution in [1.82, 2.24) is 0 Å². The Morgan fingerprint density at radius 2 is 2.40 bits per heavy atom. The van der Waals surface area contributed by atoms with Crippen LogP contribution in [0.15, 0.2) is 0 Å². The Kier molecular flexibility index (Phi) is 2.24. The van der Waals surface area contributed by atoms with Gasteiger partial charge in [0, 0.05) is 0 Å². The van der Waals surface area contributed by atoms with Gasteiger partial charge in [0.25, 0.3) is 6.29 Å². The topological polar surface area (TPSA) is 55.8 Å². The highest BCUT2D eigenvalue weighted by Crippen LogP contribution is 2.11. The number of rotatable bonds is 1. The largest absolute Gasteiger partial charge is 0.477 e. The van der Waals surface area contributed by atoms with Crippen molar-refractivity contribution in [3.8, 4) is 0 Å². The monoisotopic (exact) mass is 146 g/mol. The van der Waals surface area contributed by atoms with Crippen molar-refractivity contribution >= 4 is 5.97 Å². The molecule has 0 aromatic heterocycles. The molecule has 0 aliphatic carbocycles. The van der Waals surface area contributed by atoms with Gasteiger partial charge in [0.1, 0.15) is 0 Å². The number of aliphatic carboxylic acids is 1. The highest BCUT2D eigenvalue weighted by Gasteiger charge is 2.25. The molecule has 1 unspecified atom stereocenters. The van der Waals surface area contributed by atoms with E-state index in [9.17, 15) is 4.79 Å². The van der Waals surface area contributed by atoms with E-state index in [1.807, 2.05) is 6.92 Å². The first-order valence-electron chi connectivity index (χ1n) is 3.20. The van der Waals surface area contributed by atoms with Crippen molar-refractivity contribution in [2.45, 2.75) is 25.7 Å². The third-order valence-electron chi connectivity index (χ3n) is 1.35. The molecular formula is C6H10O4. The van der Waals surface area contributed by atoms with Crippen molar-refractivity contribution in [2.24, 2.45) is 0 Å². The summed E-state index contributed by atoms with van der Waals surface area (Å²) in [6.45, 7) is 2.30. The number of carboxylic acid groups (broad SMARTS) is 1.